The summed E-state index contributed by atoms with van der Waals surface area (Å²) in [7, 11) is -3.08. The zero-order valence-electron chi connectivity index (χ0n) is 30.0. The molecule has 51 heavy (non-hydrogen) atoms. The van der Waals surface area contributed by atoms with Crippen LogP contribution in [0.1, 0.15) is 54.4 Å². The van der Waals surface area contributed by atoms with Crippen molar-refractivity contribution in [3.63, 3.8) is 0 Å². The second kappa shape index (κ2) is 14.5. The van der Waals surface area contributed by atoms with E-state index in [1.807, 2.05) is 62.1 Å². The second-order valence-electron chi connectivity index (χ2n) is 15.1. The molecule has 2 aliphatic rings. The van der Waals surface area contributed by atoms with Gasteiger partial charge in [0.05, 0.1) is 18.7 Å². The first kappa shape index (κ1) is 37.3. The Hall–Kier alpha value is -3.49. The third kappa shape index (κ3) is 7.28. The maximum absolute atomic E-state index is 15.4. The molecule has 2 aliphatic heterocycles. The second-order valence-corrected chi connectivity index (χ2v) is 20.5. The van der Waals surface area contributed by atoms with E-state index >= 15 is 4.39 Å². The van der Waals surface area contributed by atoms with Gasteiger partial charge in [-0.15, -0.1) is 0 Å². The summed E-state index contributed by atoms with van der Waals surface area (Å²) in [5.74, 6) is -1.08. The first-order valence-corrected chi connectivity index (χ1v) is 20.6. The predicted octanol–water partition coefficient (Wildman–Crippen LogP) is 5.90. The number of hydrogen-bond acceptors (Lipinski definition) is 9. The summed E-state index contributed by atoms with van der Waals surface area (Å²) >= 11 is 7.50. The Morgan fingerprint density at radius 2 is 1.67 bits per heavy atom. The van der Waals surface area contributed by atoms with Gasteiger partial charge in [0.15, 0.2) is 16.1 Å². The molecule has 1 unspecified atom stereocenters. The molecule has 1 amide bonds. The fourth-order valence-electron chi connectivity index (χ4n) is 7.46. The number of carbonyl (C=O) groups excluding carboxylic acids is 1. The van der Waals surface area contributed by atoms with E-state index in [1.165, 1.54) is 11.8 Å². The van der Waals surface area contributed by atoms with Crippen molar-refractivity contribution >= 4 is 59.0 Å². The number of rotatable bonds is 9. The highest BCUT2D eigenvalue weighted by atomic mass is 35.5. The third-order valence-corrected chi connectivity index (χ3v) is 15.4. The quantitative estimate of drug-likeness (QED) is 0.0933. The van der Waals surface area contributed by atoms with Crippen molar-refractivity contribution < 1.29 is 23.1 Å². The summed E-state index contributed by atoms with van der Waals surface area (Å²) in [4.78, 5) is 40.2. The summed E-state index contributed by atoms with van der Waals surface area (Å²) in [5, 5.41) is 5.04. The van der Waals surface area contributed by atoms with Gasteiger partial charge in [-0.05, 0) is 55.3 Å². The lowest BCUT2D eigenvalue weighted by molar-refractivity contribution is -0.0125. The number of thioether (sulfide) groups is 1. The Morgan fingerprint density at radius 1 is 1.04 bits per heavy atom. The average molecular weight is 754 g/mol. The number of aromatic amines is 1. The maximum atomic E-state index is 15.4. The van der Waals surface area contributed by atoms with Gasteiger partial charge in [-0.3, -0.25) is 9.69 Å². The highest BCUT2D eigenvalue weighted by Crippen LogP contribution is 2.39. The van der Waals surface area contributed by atoms with Crippen LogP contribution in [-0.2, 0) is 9.16 Å². The van der Waals surface area contributed by atoms with Crippen molar-refractivity contribution in [3.8, 4) is 5.88 Å². The summed E-state index contributed by atoms with van der Waals surface area (Å²) < 4.78 is 35.4. The lowest BCUT2D eigenvalue weighted by atomic mass is 9.99. The highest BCUT2D eigenvalue weighted by Gasteiger charge is 2.53. The van der Waals surface area contributed by atoms with Gasteiger partial charge in [0.25, 0.3) is 13.9 Å². The van der Waals surface area contributed by atoms with Gasteiger partial charge in [0.1, 0.15) is 22.6 Å². The summed E-state index contributed by atoms with van der Waals surface area (Å²) in [6, 6.07) is 19.6. The van der Waals surface area contributed by atoms with Gasteiger partial charge in [0, 0.05) is 12.6 Å². The molecular formula is C37H45ClFN5O5SSi. The van der Waals surface area contributed by atoms with Crippen molar-refractivity contribution in [2.75, 3.05) is 19.4 Å². The van der Waals surface area contributed by atoms with Crippen LogP contribution in [0.25, 0.3) is 10.9 Å². The van der Waals surface area contributed by atoms with Crippen LogP contribution in [0.15, 0.2) is 70.6 Å². The number of aromatic nitrogens is 3. The van der Waals surface area contributed by atoms with E-state index in [1.54, 1.807) is 6.26 Å². The van der Waals surface area contributed by atoms with Gasteiger partial charge in [0.2, 0.25) is 5.88 Å². The number of nitrogens with zero attached hydrogens (tertiary/aromatic N) is 3. The van der Waals surface area contributed by atoms with Crippen molar-refractivity contribution in [1.82, 2.24) is 25.2 Å². The molecule has 4 atom stereocenters. The van der Waals surface area contributed by atoms with Crippen LogP contribution in [0.2, 0.25) is 10.2 Å². The monoisotopic (exact) mass is 753 g/mol. The standard InChI is InChI=1S/C37H45ClFN5O5SSi/c1-36(2,3)49-35(46)44-22-18-19-25(44)29(40-20-22)26(48-33-27-30(28(39)31(38)42-33)41-34(50-7)43-32(27)45)21-47-51(37(4,5)6,23-14-10-8-11-15-23)24-16-12-9-13-17-24/h8-17,22,25-26,29,40H,18-21H2,1-7H3,(H,41,43,45)/t22-,25+,26?,29+/m1/s1. The smallest absolute Gasteiger partial charge is 0.410 e. The minimum atomic E-state index is -3.08. The Labute approximate surface area is 308 Å². The number of nitrogens with one attached hydrogen (secondary N) is 2. The van der Waals surface area contributed by atoms with Crippen molar-refractivity contribution in [1.29, 1.82) is 0 Å². The number of halogens is 2. The van der Waals surface area contributed by atoms with E-state index in [0.29, 0.717) is 13.0 Å². The molecule has 0 aliphatic carbocycles. The van der Waals surface area contributed by atoms with Gasteiger partial charge >= 0.3 is 6.09 Å². The number of benzene rings is 2. The molecule has 272 valence electrons. The molecule has 2 bridgehead atoms. The number of piperazine rings is 1. The molecule has 2 N–H and O–H groups in total. The zero-order chi connectivity index (χ0) is 36.7. The minimum Gasteiger partial charge on any atom is -0.470 e. The summed E-state index contributed by atoms with van der Waals surface area (Å²) in [6.07, 6.45) is 1.98. The van der Waals surface area contributed by atoms with E-state index in [4.69, 9.17) is 25.5 Å². The van der Waals surface area contributed by atoms with Crippen LogP contribution in [-0.4, -0.2) is 83.5 Å². The lowest BCUT2D eigenvalue weighted by Crippen LogP contribution is -2.69. The SMILES string of the molecule is CSc1nc2c(F)c(Cl)nc(OC(CO[Si](c3ccccc3)(c3ccccc3)C(C)(C)C)[C@H]3NC[C@H]4CC[C@@H]3N4C(=O)OC(C)(C)C)c2c(=O)[nH]1. The number of fused-ring (bicyclic) bond motifs is 3. The van der Waals surface area contributed by atoms with Crippen LogP contribution in [0.3, 0.4) is 0 Å². The summed E-state index contributed by atoms with van der Waals surface area (Å²) in [6.45, 7) is 12.6. The number of pyridine rings is 1. The average Bonchev–Trinajstić information content (AvgIpc) is 3.39. The fraction of sp³-hybridized carbons (Fsp3) is 0.459. The van der Waals surface area contributed by atoms with Crippen molar-refractivity contribution in [3.05, 3.63) is 82.0 Å². The molecule has 2 saturated heterocycles. The van der Waals surface area contributed by atoms with Crippen molar-refractivity contribution in [2.24, 2.45) is 0 Å². The lowest BCUT2D eigenvalue weighted by Gasteiger charge is -2.46. The maximum Gasteiger partial charge on any atom is 0.410 e. The van der Waals surface area contributed by atoms with Gasteiger partial charge < -0.3 is 24.2 Å². The van der Waals surface area contributed by atoms with Crippen LogP contribution in [0, 0.1) is 5.82 Å². The van der Waals surface area contributed by atoms with Gasteiger partial charge in [-0.25, -0.2) is 14.2 Å². The fourth-order valence-corrected chi connectivity index (χ4v) is 12.6. The first-order valence-electron chi connectivity index (χ1n) is 17.1. The van der Waals surface area contributed by atoms with Crippen LogP contribution in [0.4, 0.5) is 9.18 Å². The molecule has 2 fully saturated rings. The molecule has 0 radical (unpaired) electrons. The normalized spacial score (nSPS) is 20.0. The van der Waals surface area contributed by atoms with E-state index in [9.17, 15) is 9.59 Å². The Bertz CT molecular complexity index is 1900. The minimum absolute atomic E-state index is 0.0423. The highest BCUT2D eigenvalue weighted by molar-refractivity contribution is 7.98. The predicted molar refractivity (Wildman–Crippen MR) is 202 cm³/mol. The molecule has 0 saturated carbocycles. The number of ether oxygens (including phenoxy) is 2. The van der Waals surface area contributed by atoms with Crippen LogP contribution < -0.4 is 26.0 Å². The van der Waals surface area contributed by atoms with Gasteiger partial charge in [-0.2, -0.15) is 4.98 Å². The van der Waals surface area contributed by atoms with E-state index in [2.05, 4.69) is 65.3 Å². The molecule has 4 aromatic rings. The van der Waals surface area contributed by atoms with E-state index < -0.39 is 48.7 Å². The molecule has 14 heteroatoms. The Morgan fingerprint density at radius 3 is 2.24 bits per heavy atom. The van der Waals surface area contributed by atoms with E-state index in [-0.39, 0.29) is 45.7 Å². The molecular weight excluding hydrogens is 709 g/mol. The van der Waals surface area contributed by atoms with Crippen LogP contribution >= 0.6 is 23.4 Å². The topological polar surface area (TPSA) is 119 Å². The van der Waals surface area contributed by atoms with E-state index in [0.717, 1.165) is 16.8 Å². The molecule has 2 aromatic heterocycles. The summed E-state index contributed by atoms with van der Waals surface area (Å²) in [5.41, 5.74) is -1.53. The van der Waals surface area contributed by atoms with Gasteiger partial charge in [-0.1, -0.05) is 105 Å². The number of amides is 1. The molecule has 4 heterocycles. The number of carbonyl (C=O) groups is 1. The first-order chi connectivity index (χ1) is 24.1. The van der Waals surface area contributed by atoms with Crippen LogP contribution in [0.5, 0.6) is 5.88 Å². The number of H-pyrrole nitrogens is 1. The molecule has 0 spiro atoms. The molecule has 2 aromatic carbocycles. The Balaban J connectivity index is 1.48. The third-order valence-electron chi connectivity index (χ3n) is 9.59. The van der Waals surface area contributed by atoms with Crippen molar-refractivity contribution in [2.45, 2.75) is 94.4 Å². The molecule has 6 rings (SSSR count). The Kier molecular flexibility index (Phi) is 10.6. The number of hydrogen-bond donors (Lipinski definition) is 2. The largest absolute Gasteiger partial charge is 0.470 e. The molecule has 10 nitrogen and oxygen atoms in total. The zero-order valence-corrected chi connectivity index (χ0v) is 32.5.